The lowest BCUT2D eigenvalue weighted by Crippen LogP contribution is -2.43. The van der Waals surface area contributed by atoms with Gasteiger partial charge in [-0.2, -0.15) is 0 Å². The molecule has 1 N–H and O–H groups in total. The first-order valence-corrected chi connectivity index (χ1v) is 9.83. The molecule has 1 fully saturated rings. The van der Waals surface area contributed by atoms with Gasteiger partial charge in [-0.25, -0.2) is 4.98 Å². The minimum Gasteiger partial charge on any atom is -0.457 e. The Labute approximate surface area is 162 Å². The van der Waals surface area contributed by atoms with Gasteiger partial charge in [-0.1, -0.05) is 29.5 Å². The molecule has 0 radical (unpaired) electrons. The zero-order valence-electron chi connectivity index (χ0n) is 15.1. The number of para-hydroxylation sites is 1. The summed E-state index contributed by atoms with van der Waals surface area (Å²) in [5.41, 5.74) is 1.69. The molecule has 0 unspecified atom stereocenters. The maximum Gasteiger partial charge on any atom is 0.186 e. The third-order valence-corrected chi connectivity index (χ3v) is 5.65. The van der Waals surface area contributed by atoms with Crippen LogP contribution in [0.1, 0.15) is 16.6 Å². The first kappa shape index (κ1) is 17.7. The number of ether oxygens (including phenoxy) is 1. The van der Waals surface area contributed by atoms with E-state index in [0.29, 0.717) is 4.88 Å². The van der Waals surface area contributed by atoms with Gasteiger partial charge in [0, 0.05) is 38.7 Å². The van der Waals surface area contributed by atoms with E-state index in [1.807, 2.05) is 54.6 Å². The third kappa shape index (κ3) is 4.02. The minimum atomic E-state index is 0.0495. The number of carbonyl (C=O) groups is 1. The summed E-state index contributed by atoms with van der Waals surface area (Å²) in [6.45, 7) is 5.30. The van der Waals surface area contributed by atoms with Gasteiger partial charge in [0.2, 0.25) is 0 Å². The highest BCUT2D eigenvalue weighted by Crippen LogP contribution is 2.34. The largest absolute Gasteiger partial charge is 0.457 e. The van der Waals surface area contributed by atoms with E-state index in [1.165, 1.54) is 11.3 Å². The Hall–Kier alpha value is -2.70. The second kappa shape index (κ2) is 7.90. The van der Waals surface area contributed by atoms with Crippen LogP contribution in [0.2, 0.25) is 0 Å². The normalized spacial score (nSPS) is 14.2. The molecule has 1 aliphatic rings. The van der Waals surface area contributed by atoms with Crippen LogP contribution in [-0.2, 0) is 0 Å². The van der Waals surface area contributed by atoms with Gasteiger partial charge in [0.05, 0.1) is 10.6 Å². The number of nitrogens with zero attached hydrogens (tertiary/aromatic N) is 2. The average Bonchev–Trinajstić information content (AvgIpc) is 3.16. The lowest BCUT2D eigenvalue weighted by Gasteiger charge is -2.26. The molecule has 138 valence electrons. The number of anilines is 1. The molecule has 0 saturated carbocycles. The molecule has 1 aliphatic heterocycles. The Morgan fingerprint density at radius 2 is 1.70 bits per heavy atom. The number of thiazole rings is 1. The number of benzene rings is 2. The molecule has 0 aliphatic carbocycles. The van der Waals surface area contributed by atoms with E-state index in [4.69, 9.17) is 9.72 Å². The van der Waals surface area contributed by atoms with Crippen molar-refractivity contribution in [2.75, 3.05) is 31.1 Å². The van der Waals surface area contributed by atoms with E-state index in [9.17, 15) is 4.79 Å². The predicted octanol–water partition coefficient (Wildman–Crippen LogP) is 4.21. The van der Waals surface area contributed by atoms with Crippen LogP contribution >= 0.6 is 11.3 Å². The molecule has 4 rings (SSSR count). The summed E-state index contributed by atoms with van der Waals surface area (Å²) in [7, 11) is 0. The van der Waals surface area contributed by atoms with Crippen molar-refractivity contribution in [2.24, 2.45) is 0 Å². The fourth-order valence-electron chi connectivity index (χ4n) is 3.04. The van der Waals surface area contributed by atoms with Gasteiger partial charge in [0.15, 0.2) is 10.9 Å². The smallest absolute Gasteiger partial charge is 0.186 e. The molecule has 0 bridgehead atoms. The first-order valence-electron chi connectivity index (χ1n) is 9.01. The third-order valence-electron chi connectivity index (χ3n) is 4.43. The molecule has 1 saturated heterocycles. The lowest BCUT2D eigenvalue weighted by atomic mass is 10.1. The molecule has 0 atom stereocenters. The highest BCUT2D eigenvalue weighted by atomic mass is 32.1. The number of hydrogen-bond acceptors (Lipinski definition) is 6. The van der Waals surface area contributed by atoms with Gasteiger partial charge in [0.25, 0.3) is 0 Å². The summed E-state index contributed by atoms with van der Waals surface area (Å²) in [6.07, 6.45) is 0. The number of rotatable bonds is 5. The SMILES string of the molecule is CC(=O)c1sc(N2CCNCC2)nc1-c1ccc(Oc2ccccc2)cc1. The van der Waals surface area contributed by atoms with Crippen LogP contribution in [0.3, 0.4) is 0 Å². The van der Waals surface area contributed by atoms with Gasteiger partial charge in [-0.05, 0) is 36.4 Å². The highest BCUT2D eigenvalue weighted by molar-refractivity contribution is 7.18. The number of carbonyl (C=O) groups excluding carboxylic acids is 1. The summed E-state index contributed by atoms with van der Waals surface area (Å²) in [5.74, 6) is 1.60. The Morgan fingerprint density at radius 3 is 2.37 bits per heavy atom. The van der Waals surface area contributed by atoms with Crippen molar-refractivity contribution in [2.45, 2.75) is 6.92 Å². The zero-order valence-corrected chi connectivity index (χ0v) is 16.0. The Bertz CT molecular complexity index is 916. The molecule has 0 amide bonds. The summed E-state index contributed by atoms with van der Waals surface area (Å²) in [5, 5.41) is 4.26. The molecule has 0 spiro atoms. The van der Waals surface area contributed by atoms with Gasteiger partial charge < -0.3 is 15.0 Å². The van der Waals surface area contributed by atoms with Crippen molar-refractivity contribution >= 4 is 22.3 Å². The van der Waals surface area contributed by atoms with Crippen LogP contribution in [0.15, 0.2) is 54.6 Å². The minimum absolute atomic E-state index is 0.0495. The second-order valence-corrected chi connectivity index (χ2v) is 7.38. The molecule has 3 aromatic rings. The molecule has 2 heterocycles. The average molecular weight is 379 g/mol. The predicted molar refractivity (Wildman–Crippen MR) is 109 cm³/mol. The number of nitrogens with one attached hydrogen (secondary N) is 1. The van der Waals surface area contributed by atoms with Crippen LogP contribution in [0.25, 0.3) is 11.3 Å². The maximum absolute atomic E-state index is 12.2. The van der Waals surface area contributed by atoms with E-state index in [-0.39, 0.29) is 5.78 Å². The molecule has 6 heteroatoms. The van der Waals surface area contributed by atoms with Gasteiger partial charge in [0.1, 0.15) is 11.5 Å². The number of Topliss-reactive ketones (excluding diaryl/α,β-unsaturated/α-hetero) is 1. The van der Waals surface area contributed by atoms with Crippen molar-refractivity contribution in [3.63, 3.8) is 0 Å². The van der Waals surface area contributed by atoms with Crippen LogP contribution in [-0.4, -0.2) is 36.9 Å². The topological polar surface area (TPSA) is 54.5 Å². The van der Waals surface area contributed by atoms with E-state index in [2.05, 4.69) is 10.2 Å². The molecule has 1 aromatic heterocycles. The summed E-state index contributed by atoms with van der Waals surface area (Å²) in [6, 6.07) is 17.4. The van der Waals surface area contributed by atoms with Crippen LogP contribution in [0, 0.1) is 0 Å². The van der Waals surface area contributed by atoms with Gasteiger partial charge in [-0.3, -0.25) is 4.79 Å². The van der Waals surface area contributed by atoms with E-state index in [1.54, 1.807) is 6.92 Å². The fourth-order valence-corrected chi connectivity index (χ4v) is 4.08. The van der Waals surface area contributed by atoms with Crippen molar-refractivity contribution in [1.29, 1.82) is 0 Å². The van der Waals surface area contributed by atoms with Gasteiger partial charge >= 0.3 is 0 Å². The van der Waals surface area contributed by atoms with Crippen molar-refractivity contribution in [1.82, 2.24) is 10.3 Å². The molecule has 5 nitrogen and oxygen atoms in total. The number of aromatic nitrogens is 1. The maximum atomic E-state index is 12.2. The summed E-state index contributed by atoms with van der Waals surface area (Å²) in [4.78, 5) is 19.9. The van der Waals surface area contributed by atoms with E-state index >= 15 is 0 Å². The lowest BCUT2D eigenvalue weighted by molar-refractivity contribution is 0.102. The Kier molecular flexibility index (Phi) is 5.18. The van der Waals surface area contributed by atoms with Crippen molar-refractivity contribution in [3.8, 4) is 22.8 Å². The van der Waals surface area contributed by atoms with Crippen LogP contribution < -0.4 is 15.0 Å². The highest BCUT2D eigenvalue weighted by Gasteiger charge is 2.21. The van der Waals surface area contributed by atoms with Crippen molar-refractivity contribution < 1.29 is 9.53 Å². The van der Waals surface area contributed by atoms with Crippen molar-refractivity contribution in [3.05, 3.63) is 59.5 Å². The number of piperazine rings is 1. The number of hydrogen-bond donors (Lipinski definition) is 1. The number of ketones is 1. The second-order valence-electron chi connectivity index (χ2n) is 6.41. The Balaban J connectivity index is 1.60. The fraction of sp³-hybridized carbons (Fsp3) is 0.238. The van der Waals surface area contributed by atoms with Gasteiger partial charge in [-0.15, -0.1) is 0 Å². The quantitative estimate of drug-likeness (QED) is 0.673. The summed E-state index contributed by atoms with van der Waals surface area (Å²) >= 11 is 1.48. The van der Waals surface area contributed by atoms with Crippen LogP contribution in [0.4, 0.5) is 5.13 Å². The zero-order chi connectivity index (χ0) is 18.6. The summed E-state index contributed by atoms with van der Waals surface area (Å²) < 4.78 is 5.85. The first-order chi connectivity index (χ1) is 13.2. The molecule has 27 heavy (non-hydrogen) atoms. The van der Waals surface area contributed by atoms with E-state index < -0.39 is 0 Å². The molecular weight excluding hydrogens is 358 g/mol. The molecule has 2 aromatic carbocycles. The standard InChI is InChI=1S/C21H21N3O2S/c1-15(25)20-19(23-21(27-20)24-13-11-22-12-14-24)16-7-9-18(10-8-16)26-17-5-3-2-4-6-17/h2-10,22H,11-14H2,1H3. The van der Waals surface area contributed by atoms with Crippen LogP contribution in [0.5, 0.6) is 11.5 Å². The molecular formula is C21H21N3O2S. The van der Waals surface area contributed by atoms with E-state index in [0.717, 1.165) is 54.1 Å². The monoisotopic (exact) mass is 379 g/mol. The Morgan fingerprint density at radius 1 is 1.04 bits per heavy atom.